The van der Waals surface area contributed by atoms with Crippen molar-refractivity contribution >= 4 is 34.8 Å². The average molecular weight is 249 g/mol. The number of hydrogen-bond acceptors (Lipinski definition) is 0. The molecular weight excluding hydrogens is 247 g/mol. The van der Waals surface area contributed by atoms with Crippen LogP contribution in [-0.2, 0) is 6.67 Å². The van der Waals surface area contributed by atoms with E-state index >= 15 is 0 Å². The van der Waals surface area contributed by atoms with Crippen LogP contribution in [0, 0.1) is 11.6 Å². The first-order valence-corrected chi connectivity index (χ1v) is 4.20. The Morgan fingerprint density at radius 3 is 1.77 bits per heavy atom. The van der Waals surface area contributed by atoms with Gasteiger partial charge in [0.05, 0.1) is 15.1 Å². The molecule has 72 valence electrons. The standard InChI is InChI=1S/C7H2Cl3F3/c8-3-2(1-11)6(12)4(9)5(10)7(3)13/h1H2. The van der Waals surface area contributed by atoms with Crippen molar-refractivity contribution in [3.63, 3.8) is 0 Å². The summed E-state index contributed by atoms with van der Waals surface area (Å²) >= 11 is 15.8. The van der Waals surface area contributed by atoms with Crippen molar-refractivity contribution in [1.82, 2.24) is 0 Å². The molecule has 0 aliphatic rings. The van der Waals surface area contributed by atoms with Gasteiger partial charge in [0.15, 0.2) is 11.6 Å². The molecular formula is C7H2Cl3F3. The highest BCUT2D eigenvalue weighted by molar-refractivity contribution is 6.43. The Bertz CT molecular complexity index is 322. The normalized spacial score (nSPS) is 10.6. The maximum absolute atomic E-state index is 13.0. The molecule has 0 saturated heterocycles. The summed E-state index contributed by atoms with van der Waals surface area (Å²) in [6.45, 7) is -1.24. The summed E-state index contributed by atoms with van der Waals surface area (Å²) in [5, 5.41) is -1.97. The fourth-order valence-corrected chi connectivity index (χ4v) is 1.42. The Balaban J connectivity index is 3.56. The van der Waals surface area contributed by atoms with E-state index in [0.29, 0.717) is 0 Å². The average Bonchev–Trinajstić information content (AvgIpc) is 2.13. The van der Waals surface area contributed by atoms with Crippen LogP contribution < -0.4 is 0 Å². The molecule has 13 heavy (non-hydrogen) atoms. The minimum atomic E-state index is -1.24. The Kier molecular flexibility index (Phi) is 3.33. The summed E-state index contributed by atoms with van der Waals surface area (Å²) < 4.78 is 38.1. The molecule has 0 aliphatic carbocycles. The molecule has 0 fully saturated rings. The molecule has 1 rings (SSSR count). The van der Waals surface area contributed by atoms with Crippen LogP contribution in [0.2, 0.25) is 15.1 Å². The first-order valence-electron chi connectivity index (χ1n) is 3.07. The van der Waals surface area contributed by atoms with Crippen molar-refractivity contribution in [2.75, 3.05) is 0 Å². The van der Waals surface area contributed by atoms with Crippen molar-refractivity contribution in [1.29, 1.82) is 0 Å². The highest BCUT2D eigenvalue weighted by atomic mass is 35.5. The van der Waals surface area contributed by atoms with Gasteiger partial charge in [0.1, 0.15) is 6.67 Å². The molecule has 0 bridgehead atoms. The number of rotatable bonds is 1. The molecule has 0 N–H and O–H groups in total. The van der Waals surface area contributed by atoms with E-state index in [1.165, 1.54) is 0 Å². The number of benzene rings is 1. The minimum absolute atomic E-state index is 0.617. The zero-order chi connectivity index (χ0) is 10.2. The lowest BCUT2D eigenvalue weighted by atomic mass is 10.2. The van der Waals surface area contributed by atoms with Gasteiger partial charge >= 0.3 is 0 Å². The summed E-state index contributed by atoms with van der Waals surface area (Å²) in [5.74, 6) is -2.23. The van der Waals surface area contributed by atoms with E-state index in [4.69, 9.17) is 34.8 Å². The second-order valence-electron chi connectivity index (χ2n) is 2.18. The summed E-state index contributed by atoms with van der Waals surface area (Å²) in [4.78, 5) is 0. The highest BCUT2D eigenvalue weighted by Gasteiger charge is 2.21. The monoisotopic (exact) mass is 248 g/mol. The van der Waals surface area contributed by atoms with Crippen LogP contribution in [0.25, 0.3) is 0 Å². The Morgan fingerprint density at radius 2 is 1.31 bits per heavy atom. The van der Waals surface area contributed by atoms with E-state index in [1.807, 2.05) is 0 Å². The molecule has 1 aromatic rings. The lowest BCUT2D eigenvalue weighted by Gasteiger charge is -2.06. The molecule has 0 atom stereocenters. The highest BCUT2D eigenvalue weighted by Crippen LogP contribution is 2.36. The van der Waals surface area contributed by atoms with Crippen LogP contribution >= 0.6 is 34.8 Å². The van der Waals surface area contributed by atoms with Gasteiger partial charge in [-0.2, -0.15) is 0 Å². The molecule has 0 heterocycles. The second-order valence-corrected chi connectivity index (χ2v) is 3.32. The van der Waals surface area contributed by atoms with Crippen LogP contribution in [0.3, 0.4) is 0 Å². The maximum Gasteiger partial charge on any atom is 0.162 e. The molecule has 0 unspecified atom stereocenters. The minimum Gasteiger partial charge on any atom is -0.246 e. The number of alkyl halides is 1. The van der Waals surface area contributed by atoms with Crippen molar-refractivity contribution in [3.8, 4) is 0 Å². The van der Waals surface area contributed by atoms with Crippen LogP contribution in [-0.4, -0.2) is 0 Å². The Labute approximate surface area is 87.2 Å². The van der Waals surface area contributed by atoms with Gasteiger partial charge in [0.2, 0.25) is 0 Å². The van der Waals surface area contributed by atoms with Crippen LogP contribution in [0.4, 0.5) is 13.2 Å². The number of halogens is 6. The van der Waals surface area contributed by atoms with Crippen molar-refractivity contribution in [2.24, 2.45) is 0 Å². The van der Waals surface area contributed by atoms with Crippen molar-refractivity contribution in [2.45, 2.75) is 6.67 Å². The third kappa shape index (κ3) is 1.73. The summed E-state index contributed by atoms with van der Waals surface area (Å²) in [7, 11) is 0. The van der Waals surface area contributed by atoms with Gasteiger partial charge in [-0.25, -0.2) is 13.2 Å². The van der Waals surface area contributed by atoms with Crippen LogP contribution in [0.15, 0.2) is 0 Å². The first-order chi connectivity index (χ1) is 6.00. The van der Waals surface area contributed by atoms with E-state index in [9.17, 15) is 13.2 Å². The van der Waals surface area contributed by atoms with Gasteiger partial charge in [0, 0.05) is 5.56 Å². The van der Waals surface area contributed by atoms with Crippen molar-refractivity contribution < 1.29 is 13.2 Å². The maximum atomic E-state index is 13.0. The van der Waals surface area contributed by atoms with E-state index in [0.717, 1.165) is 0 Å². The van der Waals surface area contributed by atoms with E-state index in [-0.39, 0.29) is 0 Å². The second kappa shape index (κ2) is 3.95. The molecule has 0 aromatic heterocycles. The zero-order valence-corrected chi connectivity index (χ0v) is 8.24. The van der Waals surface area contributed by atoms with Crippen LogP contribution in [0.5, 0.6) is 0 Å². The first kappa shape index (κ1) is 11.0. The topological polar surface area (TPSA) is 0 Å². The fourth-order valence-electron chi connectivity index (χ4n) is 0.768. The van der Waals surface area contributed by atoms with E-state index in [1.54, 1.807) is 0 Å². The van der Waals surface area contributed by atoms with Gasteiger partial charge in [0.25, 0.3) is 0 Å². The lowest BCUT2D eigenvalue weighted by Crippen LogP contribution is -1.95. The van der Waals surface area contributed by atoms with Gasteiger partial charge in [-0.05, 0) is 0 Å². The smallest absolute Gasteiger partial charge is 0.162 e. The molecule has 0 spiro atoms. The van der Waals surface area contributed by atoms with E-state index in [2.05, 4.69) is 0 Å². The Hall–Kier alpha value is -0.120. The molecule has 0 nitrogen and oxygen atoms in total. The van der Waals surface area contributed by atoms with Crippen LogP contribution in [0.1, 0.15) is 5.56 Å². The van der Waals surface area contributed by atoms with Gasteiger partial charge in [-0.15, -0.1) is 0 Å². The molecule has 0 radical (unpaired) electrons. The molecule has 1 aromatic carbocycles. The molecule has 0 saturated carbocycles. The zero-order valence-electron chi connectivity index (χ0n) is 5.97. The third-order valence-electron chi connectivity index (χ3n) is 1.43. The quantitative estimate of drug-likeness (QED) is 0.511. The van der Waals surface area contributed by atoms with Gasteiger partial charge in [-0.1, -0.05) is 34.8 Å². The fraction of sp³-hybridized carbons (Fsp3) is 0.143. The summed E-state index contributed by atoms with van der Waals surface area (Å²) in [6.07, 6.45) is 0. The predicted molar refractivity (Wildman–Crippen MR) is 46.2 cm³/mol. The molecule has 0 aliphatic heterocycles. The van der Waals surface area contributed by atoms with Crippen molar-refractivity contribution in [3.05, 3.63) is 32.3 Å². The lowest BCUT2D eigenvalue weighted by molar-refractivity contribution is 0.460. The predicted octanol–water partition coefficient (Wildman–Crippen LogP) is 4.39. The van der Waals surface area contributed by atoms with Gasteiger partial charge < -0.3 is 0 Å². The molecule has 6 heteroatoms. The largest absolute Gasteiger partial charge is 0.246 e. The Morgan fingerprint density at radius 1 is 0.846 bits per heavy atom. The van der Waals surface area contributed by atoms with Gasteiger partial charge in [-0.3, -0.25) is 0 Å². The number of hydrogen-bond donors (Lipinski definition) is 0. The SMILES string of the molecule is FCc1c(F)c(Cl)c(Cl)c(F)c1Cl. The summed E-state index contributed by atoms with van der Waals surface area (Å²) in [5.41, 5.74) is -0.617. The summed E-state index contributed by atoms with van der Waals surface area (Å²) in [6, 6.07) is 0. The third-order valence-corrected chi connectivity index (χ3v) is 2.63. The molecule has 0 amide bonds. The van der Waals surface area contributed by atoms with E-state index < -0.39 is 38.9 Å².